The van der Waals surface area contributed by atoms with Crippen LogP contribution in [0.5, 0.6) is 0 Å². The van der Waals surface area contributed by atoms with Crippen molar-refractivity contribution < 1.29 is 19.2 Å². The van der Waals surface area contributed by atoms with Crippen LogP contribution in [0.4, 0.5) is 10.8 Å². The largest absolute Gasteiger partial charge is 0.462 e. The Hall–Kier alpha value is -2.75. The Kier molecular flexibility index (Phi) is 6.31. The van der Waals surface area contributed by atoms with Gasteiger partial charge in [0, 0.05) is 4.88 Å². The highest BCUT2D eigenvalue weighted by Crippen LogP contribution is 2.39. The first kappa shape index (κ1) is 21.0. The molecule has 0 spiro atoms. The first-order valence-electron chi connectivity index (χ1n) is 9.70. The van der Waals surface area contributed by atoms with Crippen molar-refractivity contribution in [3.63, 3.8) is 0 Å². The average molecular weight is 420 g/mol. The van der Waals surface area contributed by atoms with Crippen molar-refractivity contribution in [2.45, 2.75) is 58.9 Å². The summed E-state index contributed by atoms with van der Waals surface area (Å²) in [5, 5.41) is 18.3. The molecule has 1 aliphatic rings. The van der Waals surface area contributed by atoms with Crippen molar-refractivity contribution in [1.29, 1.82) is 0 Å². The molecule has 10 heteroatoms. The molecule has 0 radical (unpaired) electrons. The van der Waals surface area contributed by atoms with Gasteiger partial charge < -0.3 is 20.2 Å². The van der Waals surface area contributed by atoms with Crippen molar-refractivity contribution in [2.24, 2.45) is 0 Å². The number of rotatable bonds is 7. The van der Waals surface area contributed by atoms with Gasteiger partial charge in [-0.3, -0.25) is 4.79 Å². The molecular weight excluding hydrogens is 396 g/mol. The molecule has 0 aromatic carbocycles. The molecule has 1 aliphatic carbocycles. The van der Waals surface area contributed by atoms with Gasteiger partial charge in [0.25, 0.3) is 5.91 Å². The summed E-state index contributed by atoms with van der Waals surface area (Å²) in [6.07, 6.45) is 4.11. The van der Waals surface area contributed by atoms with Crippen molar-refractivity contribution >= 4 is 34.0 Å². The highest BCUT2D eigenvalue weighted by molar-refractivity contribution is 7.17. The zero-order valence-corrected chi connectivity index (χ0v) is 17.5. The highest BCUT2D eigenvalue weighted by Gasteiger charge is 2.31. The number of hydrogen-bond acceptors (Lipinski definition) is 7. The van der Waals surface area contributed by atoms with E-state index in [1.54, 1.807) is 13.8 Å². The fourth-order valence-corrected chi connectivity index (χ4v) is 4.89. The molecule has 3 rings (SSSR count). The summed E-state index contributed by atoms with van der Waals surface area (Å²) in [6.45, 7) is 5.48. The predicted molar refractivity (Wildman–Crippen MR) is 108 cm³/mol. The van der Waals surface area contributed by atoms with Gasteiger partial charge in [0.15, 0.2) is 6.04 Å². The van der Waals surface area contributed by atoms with E-state index in [2.05, 4.69) is 10.4 Å². The number of nitrogens with one attached hydrogen (secondary N) is 1. The number of thiophene rings is 1. The summed E-state index contributed by atoms with van der Waals surface area (Å²) in [6, 6.07) is 0.613. The van der Waals surface area contributed by atoms with Crippen LogP contribution in [0.3, 0.4) is 0 Å². The van der Waals surface area contributed by atoms with Crippen LogP contribution in [0.1, 0.15) is 65.6 Å². The molecular formula is C19H24N4O5S. The Labute approximate surface area is 172 Å². The van der Waals surface area contributed by atoms with Gasteiger partial charge in [-0.25, -0.2) is 4.79 Å². The molecule has 29 heavy (non-hydrogen) atoms. The fraction of sp³-hybridized carbons (Fsp3) is 0.526. The normalized spacial score (nSPS) is 14.2. The number of hydrogen-bond donors (Lipinski definition) is 1. The van der Waals surface area contributed by atoms with Crippen LogP contribution in [0.15, 0.2) is 6.07 Å². The lowest BCUT2D eigenvalue weighted by Gasteiger charge is -2.15. The quantitative estimate of drug-likeness (QED) is 0.414. The van der Waals surface area contributed by atoms with E-state index in [0.29, 0.717) is 22.7 Å². The number of fused-ring (bicyclic) bond motifs is 1. The highest BCUT2D eigenvalue weighted by atomic mass is 32.1. The van der Waals surface area contributed by atoms with E-state index in [0.717, 1.165) is 36.1 Å². The minimum absolute atomic E-state index is 0.255. The van der Waals surface area contributed by atoms with E-state index in [1.807, 2.05) is 6.92 Å². The zero-order valence-electron chi connectivity index (χ0n) is 16.7. The molecule has 0 fully saturated rings. The summed E-state index contributed by atoms with van der Waals surface area (Å²) in [5.74, 6) is -1.09. The molecule has 2 heterocycles. The second kappa shape index (κ2) is 8.73. The Morgan fingerprint density at radius 1 is 1.38 bits per heavy atom. The first-order valence-corrected chi connectivity index (χ1v) is 10.5. The van der Waals surface area contributed by atoms with Crippen LogP contribution in [0, 0.1) is 17.0 Å². The Bertz CT molecular complexity index is 949. The Morgan fingerprint density at radius 2 is 2.10 bits per heavy atom. The Morgan fingerprint density at radius 3 is 2.72 bits per heavy atom. The van der Waals surface area contributed by atoms with E-state index in [-0.39, 0.29) is 18.3 Å². The van der Waals surface area contributed by atoms with E-state index in [1.165, 1.54) is 22.1 Å². The number of carbonyl (C=O) groups excluding carboxylic acids is 2. The maximum absolute atomic E-state index is 13.0. The van der Waals surface area contributed by atoms with Crippen molar-refractivity contribution in [3.05, 3.63) is 37.9 Å². The Balaban J connectivity index is 1.92. The number of nitrogens with zero attached hydrogens (tertiary/aromatic N) is 3. The van der Waals surface area contributed by atoms with Crippen molar-refractivity contribution in [1.82, 2.24) is 9.78 Å². The number of aromatic nitrogens is 2. The molecule has 1 amide bonds. The third-order valence-corrected chi connectivity index (χ3v) is 6.18. The third-order valence-electron chi connectivity index (χ3n) is 4.97. The third kappa shape index (κ3) is 4.16. The van der Waals surface area contributed by atoms with Crippen LogP contribution in [0.2, 0.25) is 0 Å². The summed E-state index contributed by atoms with van der Waals surface area (Å²) in [4.78, 5) is 37.1. The molecule has 1 N–H and O–H groups in total. The van der Waals surface area contributed by atoms with Gasteiger partial charge >= 0.3 is 11.8 Å². The van der Waals surface area contributed by atoms with Crippen LogP contribution >= 0.6 is 11.3 Å². The zero-order chi connectivity index (χ0) is 21.1. The number of nitro groups is 1. The van der Waals surface area contributed by atoms with Gasteiger partial charge in [0.2, 0.25) is 0 Å². The van der Waals surface area contributed by atoms with Gasteiger partial charge in [-0.15, -0.1) is 11.3 Å². The van der Waals surface area contributed by atoms with Gasteiger partial charge in [-0.2, -0.15) is 4.68 Å². The van der Waals surface area contributed by atoms with E-state index < -0.39 is 16.9 Å². The molecule has 1 unspecified atom stereocenters. The summed E-state index contributed by atoms with van der Waals surface area (Å²) >= 11 is 1.41. The van der Waals surface area contributed by atoms with Crippen LogP contribution in [0.25, 0.3) is 0 Å². The van der Waals surface area contributed by atoms with Gasteiger partial charge in [0.1, 0.15) is 5.00 Å². The minimum atomic E-state index is -0.724. The molecule has 156 valence electrons. The molecule has 2 aromatic rings. The predicted octanol–water partition coefficient (Wildman–Crippen LogP) is 3.81. The van der Waals surface area contributed by atoms with Crippen LogP contribution < -0.4 is 5.32 Å². The fourth-order valence-electron chi connectivity index (χ4n) is 3.61. The van der Waals surface area contributed by atoms with E-state index in [9.17, 15) is 19.7 Å². The number of anilines is 1. The van der Waals surface area contributed by atoms with Crippen LogP contribution in [-0.4, -0.2) is 33.2 Å². The molecule has 1 atom stereocenters. The molecule has 0 saturated carbocycles. The number of carbonyl (C=O) groups is 2. The maximum atomic E-state index is 13.0. The second-order valence-electron chi connectivity index (χ2n) is 6.89. The summed E-state index contributed by atoms with van der Waals surface area (Å²) < 4.78 is 6.58. The molecule has 0 bridgehead atoms. The van der Waals surface area contributed by atoms with E-state index in [4.69, 9.17) is 4.74 Å². The lowest BCUT2D eigenvalue weighted by molar-refractivity contribution is -0.389. The van der Waals surface area contributed by atoms with Crippen molar-refractivity contribution in [2.75, 3.05) is 11.9 Å². The number of esters is 1. The monoisotopic (exact) mass is 420 g/mol. The van der Waals surface area contributed by atoms with Gasteiger partial charge in [-0.1, -0.05) is 6.92 Å². The van der Waals surface area contributed by atoms with Crippen LogP contribution in [-0.2, 0) is 22.4 Å². The summed E-state index contributed by atoms with van der Waals surface area (Å²) in [7, 11) is 0. The molecule has 0 saturated heterocycles. The lowest BCUT2D eigenvalue weighted by Crippen LogP contribution is -2.27. The standard InChI is InChI=1S/C19H24N4O5S/c1-4-13(22-11(3)10-15(21-22)23(26)27)17(24)20-18-16(19(25)28-5-2)12-8-6-7-9-14(12)29-18/h10,13H,4-9H2,1-3H3,(H,20,24). The smallest absolute Gasteiger partial charge is 0.390 e. The average Bonchev–Trinajstić information content (AvgIpc) is 3.23. The molecule has 9 nitrogen and oxygen atoms in total. The number of ether oxygens (including phenoxy) is 1. The van der Waals surface area contributed by atoms with Gasteiger partial charge in [-0.05, 0) is 56.4 Å². The molecule has 0 aliphatic heterocycles. The topological polar surface area (TPSA) is 116 Å². The summed E-state index contributed by atoms with van der Waals surface area (Å²) in [5.41, 5.74) is 1.93. The van der Waals surface area contributed by atoms with Gasteiger partial charge in [0.05, 0.1) is 29.0 Å². The SMILES string of the molecule is CCOC(=O)c1c(NC(=O)C(CC)n2nc([N+](=O)[O-])cc2C)sc2c1CCCC2. The van der Waals surface area contributed by atoms with E-state index >= 15 is 0 Å². The maximum Gasteiger partial charge on any atom is 0.390 e. The second-order valence-corrected chi connectivity index (χ2v) is 8.00. The number of aryl methyl sites for hydroxylation is 2. The molecule has 2 aromatic heterocycles. The van der Waals surface area contributed by atoms with Crippen molar-refractivity contribution in [3.8, 4) is 0 Å². The minimum Gasteiger partial charge on any atom is -0.462 e. The number of amides is 1. The first-order chi connectivity index (χ1) is 13.9. The lowest BCUT2D eigenvalue weighted by atomic mass is 9.95.